The van der Waals surface area contributed by atoms with E-state index in [0.717, 1.165) is 12.0 Å². The van der Waals surface area contributed by atoms with Crippen molar-refractivity contribution in [3.8, 4) is 11.5 Å². The molecule has 0 aromatic heterocycles. The summed E-state index contributed by atoms with van der Waals surface area (Å²) in [6.45, 7) is 0. The van der Waals surface area contributed by atoms with Gasteiger partial charge in [0.05, 0.1) is 20.3 Å². The van der Waals surface area contributed by atoms with Crippen molar-refractivity contribution >= 4 is 0 Å². The topological polar surface area (TPSA) is 38.7 Å². The average molecular weight is 270 g/mol. The number of benzene rings is 2. The molecule has 1 aliphatic rings. The first kappa shape index (κ1) is 13.0. The van der Waals surface area contributed by atoms with Gasteiger partial charge in [-0.3, -0.25) is 0 Å². The van der Waals surface area contributed by atoms with Crippen LogP contribution in [0.4, 0.5) is 0 Å². The van der Waals surface area contributed by atoms with E-state index in [9.17, 15) is 5.11 Å². The fourth-order valence-electron chi connectivity index (χ4n) is 2.85. The molecule has 3 rings (SSSR count). The lowest BCUT2D eigenvalue weighted by atomic mass is 9.73. The van der Waals surface area contributed by atoms with Crippen molar-refractivity contribution in [3.05, 3.63) is 59.2 Å². The predicted molar refractivity (Wildman–Crippen MR) is 77.4 cm³/mol. The van der Waals surface area contributed by atoms with Crippen LogP contribution in [-0.4, -0.2) is 19.3 Å². The van der Waals surface area contributed by atoms with Crippen molar-refractivity contribution < 1.29 is 14.6 Å². The number of ether oxygens (including phenoxy) is 2. The Kier molecular flexibility index (Phi) is 3.36. The minimum Gasteiger partial charge on any atom is -0.493 e. The molecule has 0 aliphatic heterocycles. The average Bonchev–Trinajstić information content (AvgIpc) is 2.47. The van der Waals surface area contributed by atoms with Crippen molar-refractivity contribution in [1.29, 1.82) is 0 Å². The molecule has 0 radical (unpaired) electrons. The molecule has 2 aromatic carbocycles. The van der Waals surface area contributed by atoms with Crippen LogP contribution in [0.3, 0.4) is 0 Å². The highest BCUT2D eigenvalue weighted by Gasteiger charge is 2.32. The molecule has 3 nitrogen and oxygen atoms in total. The molecular formula is C17H18O3. The number of fused-ring (bicyclic) bond motifs is 1. The summed E-state index contributed by atoms with van der Waals surface area (Å²) in [5.74, 6) is 1.50. The molecule has 0 saturated carbocycles. The Morgan fingerprint density at radius 2 is 1.80 bits per heavy atom. The SMILES string of the molecule is COc1ccc(C(O)C2Cc3ccccc32)cc1OC. The van der Waals surface area contributed by atoms with Crippen molar-refractivity contribution in [1.82, 2.24) is 0 Å². The van der Waals surface area contributed by atoms with Crippen molar-refractivity contribution in [2.45, 2.75) is 18.4 Å². The minimum absolute atomic E-state index is 0.171. The maximum Gasteiger partial charge on any atom is 0.161 e. The molecule has 3 heteroatoms. The zero-order chi connectivity index (χ0) is 14.1. The molecule has 0 bridgehead atoms. The second-order valence-electron chi connectivity index (χ2n) is 5.07. The number of rotatable bonds is 4. The summed E-state index contributed by atoms with van der Waals surface area (Å²) in [6, 6.07) is 13.9. The van der Waals surface area contributed by atoms with Gasteiger partial charge in [0.2, 0.25) is 0 Å². The van der Waals surface area contributed by atoms with Gasteiger partial charge in [0, 0.05) is 5.92 Å². The van der Waals surface area contributed by atoms with Crippen LogP contribution in [0.5, 0.6) is 11.5 Å². The first-order valence-electron chi connectivity index (χ1n) is 6.72. The van der Waals surface area contributed by atoms with Crippen LogP contribution in [0, 0.1) is 0 Å². The van der Waals surface area contributed by atoms with Gasteiger partial charge in [0.15, 0.2) is 11.5 Å². The lowest BCUT2D eigenvalue weighted by molar-refractivity contribution is 0.134. The lowest BCUT2D eigenvalue weighted by Gasteiger charge is -2.34. The van der Waals surface area contributed by atoms with E-state index in [1.807, 2.05) is 30.3 Å². The Morgan fingerprint density at radius 3 is 2.50 bits per heavy atom. The molecule has 2 unspecified atom stereocenters. The van der Waals surface area contributed by atoms with Crippen LogP contribution in [0.15, 0.2) is 42.5 Å². The molecule has 0 spiro atoms. The molecule has 1 N–H and O–H groups in total. The van der Waals surface area contributed by atoms with E-state index in [2.05, 4.69) is 12.1 Å². The molecular weight excluding hydrogens is 252 g/mol. The lowest BCUT2D eigenvalue weighted by Crippen LogP contribution is -2.23. The summed E-state index contributed by atoms with van der Waals surface area (Å²) >= 11 is 0. The number of hydrogen-bond acceptors (Lipinski definition) is 3. The summed E-state index contributed by atoms with van der Waals surface area (Å²) in [7, 11) is 3.21. The van der Waals surface area contributed by atoms with Crippen molar-refractivity contribution in [2.75, 3.05) is 14.2 Å². The third-order valence-electron chi connectivity index (χ3n) is 4.02. The normalized spacial score (nSPS) is 17.9. The van der Waals surface area contributed by atoms with Crippen LogP contribution >= 0.6 is 0 Å². The predicted octanol–water partition coefficient (Wildman–Crippen LogP) is 3.08. The maximum atomic E-state index is 10.6. The molecule has 0 fully saturated rings. The van der Waals surface area contributed by atoms with Gasteiger partial charge in [-0.05, 0) is 35.2 Å². The number of aliphatic hydroxyl groups is 1. The quantitative estimate of drug-likeness (QED) is 0.928. The van der Waals surface area contributed by atoms with Crippen LogP contribution in [0.25, 0.3) is 0 Å². The van der Waals surface area contributed by atoms with E-state index < -0.39 is 6.10 Å². The zero-order valence-electron chi connectivity index (χ0n) is 11.7. The molecule has 2 aromatic rings. The molecule has 1 aliphatic carbocycles. The van der Waals surface area contributed by atoms with Gasteiger partial charge >= 0.3 is 0 Å². The molecule has 0 amide bonds. The zero-order valence-corrected chi connectivity index (χ0v) is 11.7. The van der Waals surface area contributed by atoms with E-state index >= 15 is 0 Å². The van der Waals surface area contributed by atoms with E-state index in [4.69, 9.17) is 9.47 Å². The van der Waals surface area contributed by atoms with Crippen LogP contribution in [0.1, 0.15) is 28.7 Å². The summed E-state index contributed by atoms with van der Waals surface area (Å²) in [5, 5.41) is 10.6. The van der Waals surface area contributed by atoms with Crippen LogP contribution in [-0.2, 0) is 6.42 Å². The minimum atomic E-state index is -0.510. The first-order valence-corrected chi connectivity index (χ1v) is 6.72. The smallest absolute Gasteiger partial charge is 0.161 e. The van der Waals surface area contributed by atoms with Crippen LogP contribution in [0.2, 0.25) is 0 Å². The summed E-state index contributed by atoms with van der Waals surface area (Å²) in [6.07, 6.45) is 0.413. The van der Waals surface area contributed by atoms with Gasteiger partial charge in [0.1, 0.15) is 0 Å². The first-order chi connectivity index (χ1) is 9.74. The Bertz CT molecular complexity index is 621. The number of aliphatic hydroxyl groups excluding tert-OH is 1. The standard InChI is InChI=1S/C17H18O3/c1-19-15-8-7-12(10-16(15)20-2)17(18)14-9-11-5-3-4-6-13(11)14/h3-8,10,14,17-18H,9H2,1-2H3. The largest absolute Gasteiger partial charge is 0.493 e. The molecule has 2 atom stereocenters. The number of hydrogen-bond donors (Lipinski definition) is 1. The van der Waals surface area contributed by atoms with E-state index in [0.29, 0.717) is 11.5 Å². The Balaban J connectivity index is 1.87. The van der Waals surface area contributed by atoms with Crippen LogP contribution < -0.4 is 9.47 Å². The summed E-state index contributed by atoms with van der Waals surface area (Å²) < 4.78 is 10.5. The summed E-state index contributed by atoms with van der Waals surface area (Å²) in [5.41, 5.74) is 3.44. The van der Waals surface area contributed by atoms with Gasteiger partial charge in [-0.25, -0.2) is 0 Å². The molecule has 0 saturated heterocycles. The second kappa shape index (κ2) is 5.17. The molecule has 20 heavy (non-hydrogen) atoms. The highest BCUT2D eigenvalue weighted by molar-refractivity contribution is 5.47. The second-order valence-corrected chi connectivity index (χ2v) is 5.07. The van der Waals surface area contributed by atoms with Gasteiger partial charge in [-0.15, -0.1) is 0 Å². The monoisotopic (exact) mass is 270 g/mol. The Labute approximate surface area is 118 Å². The fraction of sp³-hybridized carbons (Fsp3) is 0.294. The van der Waals surface area contributed by atoms with Gasteiger partial charge < -0.3 is 14.6 Å². The van der Waals surface area contributed by atoms with Crippen molar-refractivity contribution in [3.63, 3.8) is 0 Å². The van der Waals surface area contributed by atoms with Gasteiger partial charge in [-0.2, -0.15) is 0 Å². The summed E-state index contributed by atoms with van der Waals surface area (Å²) in [4.78, 5) is 0. The highest BCUT2D eigenvalue weighted by atomic mass is 16.5. The van der Waals surface area contributed by atoms with Gasteiger partial charge in [0.25, 0.3) is 0 Å². The van der Waals surface area contributed by atoms with E-state index in [-0.39, 0.29) is 5.92 Å². The van der Waals surface area contributed by atoms with Crippen molar-refractivity contribution in [2.24, 2.45) is 0 Å². The fourth-order valence-corrected chi connectivity index (χ4v) is 2.85. The van der Waals surface area contributed by atoms with Gasteiger partial charge in [-0.1, -0.05) is 30.3 Å². The van der Waals surface area contributed by atoms with E-state index in [1.54, 1.807) is 14.2 Å². The number of methoxy groups -OCH3 is 2. The molecule has 0 heterocycles. The van der Waals surface area contributed by atoms with E-state index in [1.165, 1.54) is 11.1 Å². The third kappa shape index (κ3) is 2.04. The maximum absolute atomic E-state index is 10.6. The molecule has 104 valence electrons. The Hall–Kier alpha value is -2.00. The Morgan fingerprint density at radius 1 is 1.05 bits per heavy atom. The third-order valence-corrected chi connectivity index (χ3v) is 4.02. The highest BCUT2D eigenvalue weighted by Crippen LogP contribution is 2.44.